The van der Waals surface area contributed by atoms with Gasteiger partial charge in [-0.2, -0.15) is 11.8 Å². The molecule has 96 valence electrons. The van der Waals surface area contributed by atoms with Gasteiger partial charge in [0.05, 0.1) is 0 Å². The number of nitrogens with one attached hydrogen (secondary N) is 2. The van der Waals surface area contributed by atoms with Crippen molar-refractivity contribution in [3.63, 3.8) is 0 Å². The van der Waals surface area contributed by atoms with E-state index in [2.05, 4.69) is 43.2 Å². The third-order valence-corrected chi connectivity index (χ3v) is 4.23. The van der Waals surface area contributed by atoms with Crippen molar-refractivity contribution in [1.82, 2.24) is 10.6 Å². The number of hydrogen-bond acceptors (Lipinski definition) is 3. The molecule has 1 aliphatic rings. The van der Waals surface area contributed by atoms with E-state index in [1.807, 2.05) is 0 Å². The van der Waals surface area contributed by atoms with Crippen LogP contribution in [0.3, 0.4) is 0 Å². The highest BCUT2D eigenvalue weighted by atomic mass is 32.2. The highest BCUT2D eigenvalue weighted by Crippen LogP contribution is 2.24. The van der Waals surface area contributed by atoms with Crippen LogP contribution < -0.4 is 10.6 Å². The van der Waals surface area contributed by atoms with Crippen LogP contribution in [-0.4, -0.2) is 36.2 Å². The van der Waals surface area contributed by atoms with E-state index in [9.17, 15) is 0 Å². The summed E-state index contributed by atoms with van der Waals surface area (Å²) in [4.78, 5) is 0. The smallest absolute Gasteiger partial charge is 0.0172 e. The minimum Gasteiger partial charge on any atom is -0.316 e. The molecule has 3 heteroatoms. The Kier molecular flexibility index (Phi) is 6.78. The molecule has 1 rings (SSSR count). The first-order valence-electron chi connectivity index (χ1n) is 6.65. The summed E-state index contributed by atoms with van der Waals surface area (Å²) in [5.41, 5.74) is 0.263. The first-order valence-corrected chi connectivity index (χ1v) is 7.70. The molecule has 0 saturated carbocycles. The van der Waals surface area contributed by atoms with Gasteiger partial charge in [0.25, 0.3) is 0 Å². The maximum absolute atomic E-state index is 3.58. The standard InChI is InChI=1S/C13H28N2S/c1-13(2,3)15-9-6-8-14-11-12-7-4-5-10-16-12/h12,14-15H,4-11H2,1-3H3. The lowest BCUT2D eigenvalue weighted by atomic mass is 10.1. The van der Waals surface area contributed by atoms with Crippen LogP contribution in [0.1, 0.15) is 46.5 Å². The summed E-state index contributed by atoms with van der Waals surface area (Å²) in [5.74, 6) is 1.37. The molecule has 1 aliphatic heterocycles. The summed E-state index contributed by atoms with van der Waals surface area (Å²) in [6, 6.07) is 0. The Morgan fingerprint density at radius 3 is 2.62 bits per heavy atom. The summed E-state index contributed by atoms with van der Waals surface area (Å²) in [6.45, 7) is 10.1. The van der Waals surface area contributed by atoms with Crippen molar-refractivity contribution >= 4 is 11.8 Å². The van der Waals surface area contributed by atoms with Crippen LogP contribution in [0.15, 0.2) is 0 Å². The predicted octanol–water partition coefficient (Wildman–Crippen LogP) is 2.64. The molecule has 0 aliphatic carbocycles. The Bertz CT molecular complexity index is 171. The van der Waals surface area contributed by atoms with Crippen molar-refractivity contribution in [3.05, 3.63) is 0 Å². The molecule has 0 bridgehead atoms. The van der Waals surface area contributed by atoms with Crippen molar-refractivity contribution in [2.45, 2.75) is 57.2 Å². The highest BCUT2D eigenvalue weighted by Gasteiger charge is 2.12. The van der Waals surface area contributed by atoms with E-state index >= 15 is 0 Å². The fraction of sp³-hybridized carbons (Fsp3) is 1.00. The van der Waals surface area contributed by atoms with Gasteiger partial charge in [-0.3, -0.25) is 0 Å². The minimum absolute atomic E-state index is 0.263. The number of thioether (sulfide) groups is 1. The van der Waals surface area contributed by atoms with Crippen LogP contribution in [0, 0.1) is 0 Å². The number of rotatable bonds is 6. The summed E-state index contributed by atoms with van der Waals surface area (Å²) in [6.07, 6.45) is 5.51. The van der Waals surface area contributed by atoms with Gasteiger partial charge in [0.2, 0.25) is 0 Å². The predicted molar refractivity (Wildman–Crippen MR) is 75.3 cm³/mol. The Hall–Kier alpha value is 0.270. The van der Waals surface area contributed by atoms with Gasteiger partial charge in [-0.1, -0.05) is 6.42 Å². The molecule has 1 unspecified atom stereocenters. The van der Waals surface area contributed by atoms with E-state index in [1.54, 1.807) is 0 Å². The molecule has 0 amide bonds. The molecule has 1 fully saturated rings. The molecule has 1 heterocycles. The molecule has 1 saturated heterocycles. The molecule has 0 spiro atoms. The second-order valence-corrected chi connectivity index (χ2v) is 7.13. The first kappa shape index (κ1) is 14.3. The van der Waals surface area contributed by atoms with Crippen LogP contribution in [0.25, 0.3) is 0 Å². The summed E-state index contributed by atoms with van der Waals surface area (Å²) < 4.78 is 0. The summed E-state index contributed by atoms with van der Waals surface area (Å²) >= 11 is 2.15. The zero-order valence-electron chi connectivity index (χ0n) is 11.1. The fourth-order valence-corrected chi connectivity index (χ4v) is 3.18. The molecule has 0 aromatic rings. The van der Waals surface area contributed by atoms with Gasteiger partial charge in [0.1, 0.15) is 0 Å². The van der Waals surface area contributed by atoms with E-state index in [4.69, 9.17) is 0 Å². The number of hydrogen-bond donors (Lipinski definition) is 2. The maximum Gasteiger partial charge on any atom is 0.0172 e. The van der Waals surface area contributed by atoms with Crippen LogP contribution in [-0.2, 0) is 0 Å². The second-order valence-electron chi connectivity index (χ2n) is 5.72. The molecular weight excluding hydrogens is 216 g/mol. The Morgan fingerprint density at radius 2 is 2.00 bits per heavy atom. The average molecular weight is 244 g/mol. The highest BCUT2D eigenvalue weighted by molar-refractivity contribution is 7.99. The topological polar surface area (TPSA) is 24.1 Å². The quantitative estimate of drug-likeness (QED) is 0.703. The largest absolute Gasteiger partial charge is 0.316 e. The Labute approximate surface area is 105 Å². The van der Waals surface area contributed by atoms with Crippen LogP contribution >= 0.6 is 11.8 Å². The van der Waals surface area contributed by atoms with Gasteiger partial charge >= 0.3 is 0 Å². The molecule has 0 aromatic carbocycles. The zero-order valence-corrected chi connectivity index (χ0v) is 12.0. The van der Waals surface area contributed by atoms with Gasteiger partial charge in [-0.05, 0) is 58.9 Å². The van der Waals surface area contributed by atoms with E-state index in [0.717, 1.165) is 18.3 Å². The van der Waals surface area contributed by atoms with Crippen molar-refractivity contribution in [2.24, 2.45) is 0 Å². The lowest BCUT2D eigenvalue weighted by Gasteiger charge is -2.22. The fourth-order valence-electron chi connectivity index (χ4n) is 1.91. The maximum atomic E-state index is 3.58. The lowest BCUT2D eigenvalue weighted by Crippen LogP contribution is -2.37. The average Bonchev–Trinajstić information content (AvgIpc) is 2.23. The van der Waals surface area contributed by atoms with Crippen molar-refractivity contribution in [1.29, 1.82) is 0 Å². The first-order chi connectivity index (χ1) is 7.58. The molecule has 0 aromatic heterocycles. The second kappa shape index (κ2) is 7.57. The summed E-state index contributed by atoms with van der Waals surface area (Å²) in [5, 5.41) is 7.97. The molecule has 0 radical (unpaired) electrons. The molecule has 2 nitrogen and oxygen atoms in total. The van der Waals surface area contributed by atoms with E-state index in [1.165, 1.54) is 38.0 Å². The molecule has 16 heavy (non-hydrogen) atoms. The Balaban J connectivity index is 1.87. The monoisotopic (exact) mass is 244 g/mol. The van der Waals surface area contributed by atoms with Crippen molar-refractivity contribution < 1.29 is 0 Å². The third-order valence-electron chi connectivity index (χ3n) is 2.83. The van der Waals surface area contributed by atoms with Crippen molar-refractivity contribution in [3.8, 4) is 0 Å². The van der Waals surface area contributed by atoms with Crippen molar-refractivity contribution in [2.75, 3.05) is 25.4 Å². The SMILES string of the molecule is CC(C)(C)NCCCNCC1CCCCS1. The molecule has 1 atom stereocenters. The molecule has 2 N–H and O–H groups in total. The van der Waals surface area contributed by atoms with Gasteiger partial charge in [-0.25, -0.2) is 0 Å². The van der Waals surface area contributed by atoms with Gasteiger partial charge in [0.15, 0.2) is 0 Å². The van der Waals surface area contributed by atoms with Crippen LogP contribution in [0.5, 0.6) is 0 Å². The summed E-state index contributed by atoms with van der Waals surface area (Å²) in [7, 11) is 0. The van der Waals surface area contributed by atoms with Crippen LogP contribution in [0.4, 0.5) is 0 Å². The molecular formula is C13H28N2S. The van der Waals surface area contributed by atoms with E-state index in [0.29, 0.717) is 0 Å². The van der Waals surface area contributed by atoms with Gasteiger partial charge < -0.3 is 10.6 Å². The zero-order chi connectivity index (χ0) is 11.9. The van der Waals surface area contributed by atoms with E-state index < -0.39 is 0 Å². The third kappa shape index (κ3) is 7.53. The van der Waals surface area contributed by atoms with E-state index in [-0.39, 0.29) is 5.54 Å². The van der Waals surface area contributed by atoms with Gasteiger partial charge in [-0.15, -0.1) is 0 Å². The lowest BCUT2D eigenvalue weighted by molar-refractivity contribution is 0.418. The minimum atomic E-state index is 0.263. The Morgan fingerprint density at radius 1 is 1.19 bits per heavy atom. The normalized spacial score (nSPS) is 22.3. The van der Waals surface area contributed by atoms with Gasteiger partial charge in [0, 0.05) is 17.3 Å². The van der Waals surface area contributed by atoms with Crippen LogP contribution in [0.2, 0.25) is 0 Å².